The highest BCUT2D eigenvalue weighted by molar-refractivity contribution is 5.80. The zero-order chi connectivity index (χ0) is 16.5. The van der Waals surface area contributed by atoms with E-state index in [2.05, 4.69) is 36.7 Å². The van der Waals surface area contributed by atoms with Gasteiger partial charge in [-0.3, -0.25) is 4.79 Å². The molecule has 24 heavy (non-hydrogen) atoms. The van der Waals surface area contributed by atoms with Crippen molar-refractivity contribution in [1.29, 1.82) is 0 Å². The van der Waals surface area contributed by atoms with Crippen LogP contribution in [0.15, 0.2) is 18.6 Å². The molecule has 0 spiro atoms. The number of aromatic nitrogens is 4. The number of carbonyl (C=O) groups excluding carboxylic acids is 1. The fourth-order valence-corrected chi connectivity index (χ4v) is 3.00. The lowest BCUT2D eigenvalue weighted by Crippen LogP contribution is -2.36. The van der Waals surface area contributed by atoms with Gasteiger partial charge in [-0.05, 0) is 24.8 Å². The Morgan fingerprint density at radius 1 is 1.21 bits per heavy atom. The van der Waals surface area contributed by atoms with E-state index < -0.39 is 0 Å². The van der Waals surface area contributed by atoms with Crippen LogP contribution in [0.1, 0.15) is 36.8 Å². The first kappa shape index (κ1) is 15.1. The smallest absolute Gasteiger partial charge is 0.225 e. The zero-order valence-corrected chi connectivity index (χ0v) is 13.9. The monoisotopic (exact) mass is 326 g/mol. The van der Waals surface area contributed by atoms with Crippen molar-refractivity contribution < 1.29 is 4.79 Å². The van der Waals surface area contributed by atoms with Crippen molar-refractivity contribution in [2.24, 2.45) is 5.92 Å². The molecular weight excluding hydrogens is 304 g/mol. The van der Waals surface area contributed by atoms with Crippen LogP contribution in [0.5, 0.6) is 0 Å². The first-order chi connectivity index (χ1) is 11.7. The molecule has 0 unspecified atom stereocenters. The number of carbonyl (C=O) groups is 1. The van der Waals surface area contributed by atoms with Crippen LogP contribution >= 0.6 is 0 Å². The van der Waals surface area contributed by atoms with Crippen molar-refractivity contribution in [1.82, 2.24) is 24.8 Å². The Kier molecular flexibility index (Phi) is 3.92. The Balaban J connectivity index is 1.42. The number of nitrogens with zero attached hydrogens (tertiary/aromatic N) is 5. The van der Waals surface area contributed by atoms with Crippen LogP contribution in [-0.4, -0.2) is 32.0 Å². The molecule has 1 fully saturated rings. The van der Waals surface area contributed by atoms with E-state index >= 15 is 0 Å². The second kappa shape index (κ2) is 6.22. The molecule has 0 atom stereocenters. The minimum Gasteiger partial charge on any atom is -0.350 e. The first-order valence-electron chi connectivity index (χ1n) is 8.61. The van der Waals surface area contributed by atoms with Crippen molar-refractivity contribution in [3.63, 3.8) is 0 Å². The van der Waals surface area contributed by atoms with Crippen LogP contribution in [0.25, 0.3) is 0 Å². The van der Waals surface area contributed by atoms with Gasteiger partial charge in [-0.15, -0.1) is 0 Å². The van der Waals surface area contributed by atoms with Crippen LogP contribution < -0.4 is 10.2 Å². The maximum absolute atomic E-state index is 11.8. The average Bonchev–Trinajstić information content (AvgIpc) is 3.40. The molecular formula is C17H22N6O. The predicted octanol–water partition coefficient (Wildman–Crippen LogP) is 1.28. The van der Waals surface area contributed by atoms with Crippen LogP contribution in [0.3, 0.4) is 0 Å². The minimum atomic E-state index is 0.174. The molecule has 0 saturated heterocycles. The molecule has 0 aromatic carbocycles. The van der Waals surface area contributed by atoms with E-state index in [4.69, 9.17) is 0 Å². The molecule has 126 valence electrons. The molecule has 2 aromatic heterocycles. The molecule has 4 rings (SSSR count). The fourth-order valence-electron chi connectivity index (χ4n) is 3.00. The number of nitrogens with one attached hydrogen (secondary N) is 1. The zero-order valence-electron chi connectivity index (χ0n) is 13.9. The normalized spacial score (nSPS) is 16.8. The lowest BCUT2D eigenvalue weighted by molar-refractivity contribution is -0.122. The molecule has 3 heterocycles. The minimum absolute atomic E-state index is 0.174. The summed E-state index contributed by atoms with van der Waals surface area (Å²) in [5, 5.41) is 3.01. The SMILES string of the molecule is CCc1cnc(N2CCn3c(CNC(=O)C4CC4)cnc3C2)nc1. The number of anilines is 1. The van der Waals surface area contributed by atoms with E-state index in [0.29, 0.717) is 13.1 Å². The average molecular weight is 326 g/mol. The predicted molar refractivity (Wildman–Crippen MR) is 89.3 cm³/mol. The maximum atomic E-state index is 11.8. The Labute approximate surface area is 141 Å². The molecule has 7 heteroatoms. The van der Waals surface area contributed by atoms with Gasteiger partial charge in [0.05, 0.1) is 25.0 Å². The number of aryl methyl sites for hydroxylation is 1. The van der Waals surface area contributed by atoms with E-state index in [1.54, 1.807) is 0 Å². The Bertz CT molecular complexity index is 734. The molecule has 1 saturated carbocycles. The van der Waals surface area contributed by atoms with E-state index in [1.165, 1.54) is 0 Å². The summed E-state index contributed by atoms with van der Waals surface area (Å²) < 4.78 is 2.20. The number of hydrogen-bond acceptors (Lipinski definition) is 5. The summed E-state index contributed by atoms with van der Waals surface area (Å²) in [6, 6.07) is 0. The highest BCUT2D eigenvalue weighted by atomic mass is 16.2. The summed E-state index contributed by atoms with van der Waals surface area (Å²) in [6.07, 6.45) is 8.66. The van der Waals surface area contributed by atoms with Crippen molar-refractivity contribution >= 4 is 11.9 Å². The Hall–Kier alpha value is -2.44. The molecule has 0 bridgehead atoms. The van der Waals surface area contributed by atoms with Gasteiger partial charge in [-0.2, -0.15) is 0 Å². The summed E-state index contributed by atoms with van der Waals surface area (Å²) in [5.41, 5.74) is 2.21. The summed E-state index contributed by atoms with van der Waals surface area (Å²) in [6.45, 7) is 5.03. The van der Waals surface area contributed by atoms with Gasteiger partial charge in [-0.1, -0.05) is 6.92 Å². The second-order valence-electron chi connectivity index (χ2n) is 6.48. The lowest BCUT2D eigenvalue weighted by Gasteiger charge is -2.28. The standard InChI is InChI=1S/C17H22N6O/c1-2-12-7-20-17(21-8-12)22-5-6-23-14(9-18-15(23)11-22)10-19-16(24)13-3-4-13/h7-9,13H,2-6,10-11H2,1H3,(H,19,24). The van der Waals surface area contributed by atoms with Gasteiger partial charge >= 0.3 is 0 Å². The van der Waals surface area contributed by atoms with E-state index in [-0.39, 0.29) is 11.8 Å². The maximum Gasteiger partial charge on any atom is 0.225 e. The molecule has 1 aliphatic carbocycles. The number of imidazole rings is 1. The lowest BCUT2D eigenvalue weighted by atomic mass is 10.3. The third-order valence-corrected chi connectivity index (χ3v) is 4.72. The van der Waals surface area contributed by atoms with Crippen LogP contribution in [0.4, 0.5) is 5.95 Å². The number of rotatable bonds is 5. The van der Waals surface area contributed by atoms with Gasteiger partial charge < -0.3 is 14.8 Å². The van der Waals surface area contributed by atoms with E-state index in [1.807, 2.05) is 18.6 Å². The van der Waals surface area contributed by atoms with Gasteiger partial charge in [0.15, 0.2) is 0 Å². The van der Waals surface area contributed by atoms with Crippen molar-refractivity contribution in [3.8, 4) is 0 Å². The van der Waals surface area contributed by atoms with Gasteiger partial charge in [0.1, 0.15) is 5.82 Å². The molecule has 1 aliphatic heterocycles. The van der Waals surface area contributed by atoms with E-state index in [9.17, 15) is 4.79 Å². The Morgan fingerprint density at radius 2 is 2.00 bits per heavy atom. The summed E-state index contributed by atoms with van der Waals surface area (Å²) in [7, 11) is 0. The van der Waals surface area contributed by atoms with Gasteiger partial charge in [0.2, 0.25) is 11.9 Å². The second-order valence-corrected chi connectivity index (χ2v) is 6.48. The van der Waals surface area contributed by atoms with E-state index in [0.717, 1.165) is 55.4 Å². The van der Waals surface area contributed by atoms with Gasteiger partial charge in [0, 0.05) is 31.4 Å². The molecule has 1 N–H and O–H groups in total. The van der Waals surface area contributed by atoms with Crippen LogP contribution in [0.2, 0.25) is 0 Å². The summed E-state index contributed by atoms with van der Waals surface area (Å²) >= 11 is 0. The highest BCUT2D eigenvalue weighted by Crippen LogP contribution is 2.28. The molecule has 7 nitrogen and oxygen atoms in total. The highest BCUT2D eigenvalue weighted by Gasteiger charge is 2.29. The quantitative estimate of drug-likeness (QED) is 0.896. The van der Waals surface area contributed by atoms with Crippen molar-refractivity contribution in [3.05, 3.63) is 35.7 Å². The summed E-state index contributed by atoms with van der Waals surface area (Å²) in [5.74, 6) is 2.17. The first-order valence-corrected chi connectivity index (χ1v) is 8.61. The molecule has 0 radical (unpaired) electrons. The fraction of sp³-hybridized carbons (Fsp3) is 0.529. The van der Waals surface area contributed by atoms with Gasteiger partial charge in [-0.25, -0.2) is 15.0 Å². The number of hydrogen-bond donors (Lipinski definition) is 1. The molecule has 1 amide bonds. The number of fused-ring (bicyclic) bond motifs is 1. The topological polar surface area (TPSA) is 75.9 Å². The molecule has 2 aliphatic rings. The van der Waals surface area contributed by atoms with Crippen molar-refractivity contribution in [2.45, 2.75) is 45.8 Å². The largest absolute Gasteiger partial charge is 0.350 e. The summed E-state index contributed by atoms with van der Waals surface area (Å²) in [4.78, 5) is 27.4. The van der Waals surface area contributed by atoms with Crippen molar-refractivity contribution in [2.75, 3.05) is 11.4 Å². The Morgan fingerprint density at radius 3 is 2.71 bits per heavy atom. The number of amides is 1. The van der Waals surface area contributed by atoms with Crippen LogP contribution in [0, 0.1) is 5.92 Å². The third kappa shape index (κ3) is 2.98. The van der Waals surface area contributed by atoms with Crippen LogP contribution in [-0.2, 0) is 30.8 Å². The third-order valence-electron chi connectivity index (χ3n) is 4.72. The van der Waals surface area contributed by atoms with Gasteiger partial charge in [0.25, 0.3) is 0 Å². The molecule has 2 aromatic rings.